The Morgan fingerprint density at radius 1 is 1.26 bits per heavy atom. The Kier molecular flexibility index (Phi) is 4.80. The third-order valence-corrected chi connectivity index (χ3v) is 4.06. The van der Waals surface area contributed by atoms with Crippen molar-refractivity contribution in [2.24, 2.45) is 5.92 Å². The highest BCUT2D eigenvalue weighted by molar-refractivity contribution is 5.78. The van der Waals surface area contributed by atoms with Gasteiger partial charge < -0.3 is 10.4 Å². The van der Waals surface area contributed by atoms with Crippen LogP contribution in [0.1, 0.15) is 45.4 Å². The molecule has 0 heterocycles. The van der Waals surface area contributed by atoms with E-state index in [-0.39, 0.29) is 5.91 Å². The van der Waals surface area contributed by atoms with Gasteiger partial charge in [0.25, 0.3) is 0 Å². The van der Waals surface area contributed by atoms with E-state index in [9.17, 15) is 9.59 Å². The van der Waals surface area contributed by atoms with E-state index in [2.05, 4.69) is 5.32 Å². The van der Waals surface area contributed by atoms with Crippen molar-refractivity contribution in [1.82, 2.24) is 10.2 Å². The Hall–Kier alpha value is -1.10. The van der Waals surface area contributed by atoms with E-state index in [1.54, 1.807) is 6.92 Å². The van der Waals surface area contributed by atoms with Crippen LogP contribution < -0.4 is 5.32 Å². The molecular weight excluding hydrogens is 244 g/mol. The summed E-state index contributed by atoms with van der Waals surface area (Å²) in [5.41, 5.74) is 0. The van der Waals surface area contributed by atoms with Crippen LogP contribution in [0.25, 0.3) is 0 Å². The number of hydrogen-bond acceptors (Lipinski definition) is 3. The Labute approximate surface area is 114 Å². The van der Waals surface area contributed by atoms with E-state index in [4.69, 9.17) is 5.11 Å². The lowest BCUT2D eigenvalue weighted by Crippen LogP contribution is -2.44. The summed E-state index contributed by atoms with van der Waals surface area (Å²) in [4.78, 5) is 24.9. The van der Waals surface area contributed by atoms with E-state index in [1.807, 2.05) is 4.90 Å². The lowest BCUT2D eigenvalue weighted by molar-refractivity contribution is -0.142. The van der Waals surface area contributed by atoms with E-state index in [0.29, 0.717) is 25.2 Å². The monoisotopic (exact) mass is 268 g/mol. The SMILES string of the molecule is CC(CN(CC(=O)NC1CCCC1)C1CC1)C(=O)O. The summed E-state index contributed by atoms with van der Waals surface area (Å²) in [5.74, 6) is -1.15. The molecule has 5 heteroatoms. The van der Waals surface area contributed by atoms with Crippen molar-refractivity contribution < 1.29 is 14.7 Å². The molecule has 2 fully saturated rings. The van der Waals surface area contributed by atoms with E-state index >= 15 is 0 Å². The zero-order chi connectivity index (χ0) is 13.8. The Morgan fingerprint density at radius 2 is 1.89 bits per heavy atom. The molecule has 0 saturated heterocycles. The zero-order valence-corrected chi connectivity index (χ0v) is 11.6. The number of carboxylic acid groups (broad SMARTS) is 1. The van der Waals surface area contributed by atoms with Gasteiger partial charge >= 0.3 is 5.97 Å². The average molecular weight is 268 g/mol. The third-order valence-electron chi connectivity index (χ3n) is 4.06. The van der Waals surface area contributed by atoms with Crippen LogP contribution in [0, 0.1) is 5.92 Å². The maximum atomic E-state index is 12.0. The average Bonchev–Trinajstić information content (AvgIpc) is 3.08. The summed E-state index contributed by atoms with van der Waals surface area (Å²) in [6.45, 7) is 2.52. The minimum Gasteiger partial charge on any atom is -0.481 e. The summed E-state index contributed by atoms with van der Waals surface area (Å²) >= 11 is 0. The Morgan fingerprint density at radius 3 is 2.42 bits per heavy atom. The summed E-state index contributed by atoms with van der Waals surface area (Å²) in [7, 11) is 0. The number of nitrogens with zero attached hydrogens (tertiary/aromatic N) is 1. The molecule has 2 aliphatic carbocycles. The van der Waals surface area contributed by atoms with Gasteiger partial charge in [-0.2, -0.15) is 0 Å². The van der Waals surface area contributed by atoms with Crippen molar-refractivity contribution in [1.29, 1.82) is 0 Å². The fraction of sp³-hybridized carbons (Fsp3) is 0.857. The highest BCUT2D eigenvalue weighted by atomic mass is 16.4. The van der Waals surface area contributed by atoms with Crippen LogP contribution in [-0.4, -0.2) is 47.1 Å². The van der Waals surface area contributed by atoms with Gasteiger partial charge in [0.2, 0.25) is 5.91 Å². The van der Waals surface area contributed by atoms with Gasteiger partial charge in [-0.15, -0.1) is 0 Å². The van der Waals surface area contributed by atoms with Crippen molar-refractivity contribution >= 4 is 11.9 Å². The summed E-state index contributed by atoms with van der Waals surface area (Å²) in [6, 6.07) is 0.751. The van der Waals surface area contributed by atoms with Gasteiger partial charge in [-0.3, -0.25) is 14.5 Å². The number of rotatable bonds is 7. The van der Waals surface area contributed by atoms with E-state index in [0.717, 1.165) is 25.7 Å². The molecule has 0 aromatic heterocycles. The molecule has 0 aliphatic heterocycles. The fourth-order valence-electron chi connectivity index (χ4n) is 2.74. The van der Waals surface area contributed by atoms with Gasteiger partial charge in [-0.05, 0) is 25.7 Å². The van der Waals surface area contributed by atoms with Crippen molar-refractivity contribution in [3.8, 4) is 0 Å². The van der Waals surface area contributed by atoms with Crippen LogP contribution >= 0.6 is 0 Å². The topological polar surface area (TPSA) is 69.6 Å². The molecule has 1 atom stereocenters. The molecule has 2 N–H and O–H groups in total. The number of carbonyl (C=O) groups excluding carboxylic acids is 1. The number of amides is 1. The number of carboxylic acids is 1. The molecule has 5 nitrogen and oxygen atoms in total. The minimum atomic E-state index is -0.790. The van der Waals surface area contributed by atoms with Gasteiger partial charge in [0.15, 0.2) is 0 Å². The smallest absolute Gasteiger partial charge is 0.307 e. The molecule has 0 radical (unpaired) electrons. The van der Waals surface area contributed by atoms with E-state index < -0.39 is 11.9 Å². The van der Waals surface area contributed by atoms with Crippen LogP contribution in [0.5, 0.6) is 0 Å². The second-order valence-electron chi connectivity index (χ2n) is 5.95. The predicted octanol–water partition coefficient (Wildman–Crippen LogP) is 1.23. The van der Waals surface area contributed by atoms with Crippen molar-refractivity contribution in [2.45, 2.75) is 57.5 Å². The Bertz CT molecular complexity index is 336. The highest BCUT2D eigenvalue weighted by Crippen LogP contribution is 2.27. The second-order valence-corrected chi connectivity index (χ2v) is 5.95. The molecule has 0 bridgehead atoms. The molecule has 0 spiro atoms. The van der Waals surface area contributed by atoms with Crippen LogP contribution in [0.2, 0.25) is 0 Å². The number of nitrogens with one attached hydrogen (secondary N) is 1. The standard InChI is InChI=1S/C14H24N2O3/c1-10(14(18)19)8-16(12-6-7-12)9-13(17)15-11-4-2-3-5-11/h10-12H,2-9H2,1H3,(H,15,17)(H,18,19). The maximum Gasteiger partial charge on any atom is 0.307 e. The minimum absolute atomic E-state index is 0.0522. The molecule has 1 unspecified atom stereocenters. The van der Waals surface area contributed by atoms with Crippen molar-refractivity contribution in [3.05, 3.63) is 0 Å². The molecule has 0 aromatic carbocycles. The number of carbonyl (C=O) groups is 2. The Balaban J connectivity index is 1.78. The number of aliphatic carboxylic acids is 1. The molecular formula is C14H24N2O3. The first kappa shape index (κ1) is 14.3. The van der Waals surface area contributed by atoms with Gasteiger partial charge in [0, 0.05) is 18.6 Å². The first-order valence-corrected chi connectivity index (χ1v) is 7.32. The number of hydrogen-bond donors (Lipinski definition) is 2. The molecule has 0 aromatic rings. The van der Waals surface area contributed by atoms with Crippen LogP contribution in [0.3, 0.4) is 0 Å². The normalized spacial score (nSPS) is 21.6. The highest BCUT2D eigenvalue weighted by Gasteiger charge is 2.32. The van der Waals surface area contributed by atoms with Gasteiger partial charge in [-0.1, -0.05) is 19.8 Å². The van der Waals surface area contributed by atoms with Crippen LogP contribution in [0.4, 0.5) is 0 Å². The molecule has 2 aliphatic rings. The zero-order valence-electron chi connectivity index (χ0n) is 11.6. The fourth-order valence-corrected chi connectivity index (χ4v) is 2.74. The summed E-state index contributed by atoms with van der Waals surface area (Å²) in [5, 5.41) is 12.0. The van der Waals surface area contributed by atoms with Crippen LogP contribution in [-0.2, 0) is 9.59 Å². The lowest BCUT2D eigenvalue weighted by Gasteiger charge is -2.24. The van der Waals surface area contributed by atoms with E-state index in [1.165, 1.54) is 12.8 Å². The molecule has 108 valence electrons. The first-order valence-electron chi connectivity index (χ1n) is 7.32. The van der Waals surface area contributed by atoms with Crippen molar-refractivity contribution in [3.63, 3.8) is 0 Å². The van der Waals surface area contributed by atoms with Gasteiger partial charge in [-0.25, -0.2) is 0 Å². The first-order chi connectivity index (χ1) is 9.06. The quantitative estimate of drug-likeness (QED) is 0.728. The van der Waals surface area contributed by atoms with Crippen molar-refractivity contribution in [2.75, 3.05) is 13.1 Å². The lowest BCUT2D eigenvalue weighted by atomic mass is 10.1. The van der Waals surface area contributed by atoms with Crippen LogP contribution in [0.15, 0.2) is 0 Å². The molecule has 19 heavy (non-hydrogen) atoms. The molecule has 2 rings (SSSR count). The van der Waals surface area contributed by atoms with Gasteiger partial charge in [0.1, 0.15) is 0 Å². The summed E-state index contributed by atoms with van der Waals surface area (Å²) < 4.78 is 0. The van der Waals surface area contributed by atoms with Gasteiger partial charge in [0.05, 0.1) is 12.5 Å². The second kappa shape index (κ2) is 6.37. The molecule has 2 saturated carbocycles. The largest absolute Gasteiger partial charge is 0.481 e. The maximum absolute atomic E-state index is 12.0. The predicted molar refractivity (Wildman–Crippen MR) is 71.8 cm³/mol. The molecule has 1 amide bonds. The third kappa shape index (κ3) is 4.49. The summed E-state index contributed by atoms with van der Waals surface area (Å²) in [6.07, 6.45) is 6.74.